The van der Waals surface area contributed by atoms with E-state index in [0.717, 1.165) is 33.9 Å². The van der Waals surface area contributed by atoms with E-state index in [2.05, 4.69) is 11.1 Å². The molecule has 0 N–H and O–H groups in total. The van der Waals surface area contributed by atoms with Crippen molar-refractivity contribution in [2.75, 3.05) is 32.3 Å². The number of aromatic nitrogens is 1. The predicted molar refractivity (Wildman–Crippen MR) is 118 cm³/mol. The standard InChI is InChI=1S/C23H22N2O5S/c1-14-24-18(13-31-14)15-4-6-19-16(10-15)8-9-25(19)22(26)12-30-23(27)17-5-7-20(28-2)21(11-17)29-3/h4-7,10-11,13H,8-9,12H2,1-3H3. The first-order valence-electron chi connectivity index (χ1n) is 9.75. The Morgan fingerprint density at radius 2 is 1.90 bits per heavy atom. The van der Waals surface area contributed by atoms with Gasteiger partial charge in [0.05, 0.1) is 30.5 Å². The topological polar surface area (TPSA) is 78.0 Å². The minimum Gasteiger partial charge on any atom is -0.493 e. The number of thiazole rings is 1. The monoisotopic (exact) mass is 438 g/mol. The molecule has 1 aromatic heterocycles. The Balaban J connectivity index is 1.42. The molecule has 2 heterocycles. The molecule has 3 aromatic rings. The highest BCUT2D eigenvalue weighted by Crippen LogP contribution is 2.33. The molecule has 0 bridgehead atoms. The molecule has 0 radical (unpaired) electrons. The van der Waals surface area contributed by atoms with Gasteiger partial charge in [-0.25, -0.2) is 9.78 Å². The van der Waals surface area contributed by atoms with Gasteiger partial charge in [0.15, 0.2) is 18.1 Å². The van der Waals surface area contributed by atoms with Crippen molar-refractivity contribution in [3.05, 3.63) is 57.9 Å². The normalized spacial score (nSPS) is 12.4. The molecule has 0 atom stereocenters. The van der Waals surface area contributed by atoms with Crippen molar-refractivity contribution in [2.45, 2.75) is 13.3 Å². The number of carbonyl (C=O) groups is 2. The molecule has 0 saturated heterocycles. The molecule has 4 rings (SSSR count). The van der Waals surface area contributed by atoms with Crippen LogP contribution in [0.2, 0.25) is 0 Å². The Labute approximate surface area is 184 Å². The van der Waals surface area contributed by atoms with E-state index in [1.54, 1.807) is 28.4 Å². The molecule has 1 aliphatic heterocycles. The van der Waals surface area contributed by atoms with Crippen molar-refractivity contribution < 1.29 is 23.8 Å². The third-order valence-electron chi connectivity index (χ3n) is 5.14. The van der Waals surface area contributed by atoms with Crippen LogP contribution in [0, 0.1) is 6.92 Å². The lowest BCUT2D eigenvalue weighted by Crippen LogP contribution is -2.33. The fourth-order valence-corrected chi connectivity index (χ4v) is 4.19. The van der Waals surface area contributed by atoms with Crippen LogP contribution in [0.1, 0.15) is 20.9 Å². The summed E-state index contributed by atoms with van der Waals surface area (Å²) in [5.74, 6) is 0.0756. The van der Waals surface area contributed by atoms with Gasteiger partial charge in [0, 0.05) is 23.2 Å². The van der Waals surface area contributed by atoms with Crippen molar-refractivity contribution >= 4 is 28.9 Å². The summed E-state index contributed by atoms with van der Waals surface area (Å²) in [6.45, 7) is 2.20. The summed E-state index contributed by atoms with van der Waals surface area (Å²) >= 11 is 1.61. The Kier molecular flexibility index (Phi) is 5.90. The highest BCUT2D eigenvalue weighted by atomic mass is 32.1. The molecule has 8 heteroatoms. The van der Waals surface area contributed by atoms with Crippen molar-refractivity contribution in [3.63, 3.8) is 0 Å². The highest BCUT2D eigenvalue weighted by Gasteiger charge is 2.26. The quantitative estimate of drug-likeness (QED) is 0.544. The van der Waals surface area contributed by atoms with Gasteiger partial charge in [-0.1, -0.05) is 6.07 Å². The lowest BCUT2D eigenvalue weighted by atomic mass is 10.1. The van der Waals surface area contributed by atoms with Crippen molar-refractivity contribution in [2.24, 2.45) is 0 Å². The molecule has 1 aliphatic rings. The third kappa shape index (κ3) is 4.25. The van der Waals surface area contributed by atoms with Crippen molar-refractivity contribution in [3.8, 4) is 22.8 Å². The molecule has 7 nitrogen and oxygen atoms in total. The molecule has 0 unspecified atom stereocenters. The second kappa shape index (κ2) is 8.77. The van der Waals surface area contributed by atoms with Gasteiger partial charge in [-0.3, -0.25) is 4.79 Å². The molecular weight excluding hydrogens is 416 g/mol. The first kappa shape index (κ1) is 20.9. The van der Waals surface area contributed by atoms with Gasteiger partial charge in [-0.05, 0) is 49.2 Å². The van der Waals surface area contributed by atoms with E-state index >= 15 is 0 Å². The van der Waals surface area contributed by atoms with E-state index < -0.39 is 5.97 Å². The van der Waals surface area contributed by atoms with Gasteiger partial charge in [0.2, 0.25) is 0 Å². The van der Waals surface area contributed by atoms with Crippen LogP contribution in [0.25, 0.3) is 11.3 Å². The number of hydrogen-bond donors (Lipinski definition) is 0. The Hall–Kier alpha value is -3.39. The van der Waals surface area contributed by atoms with Gasteiger partial charge >= 0.3 is 5.97 Å². The van der Waals surface area contributed by atoms with Crippen LogP contribution in [-0.2, 0) is 16.0 Å². The summed E-state index contributed by atoms with van der Waals surface area (Å²) < 4.78 is 15.6. The molecule has 160 valence electrons. The van der Waals surface area contributed by atoms with Crippen molar-refractivity contribution in [1.82, 2.24) is 4.98 Å². The zero-order chi connectivity index (χ0) is 22.0. The maximum Gasteiger partial charge on any atom is 0.338 e. The molecule has 0 spiro atoms. The van der Waals surface area contributed by atoms with Crippen LogP contribution in [0.3, 0.4) is 0 Å². The lowest BCUT2D eigenvalue weighted by Gasteiger charge is -2.17. The van der Waals surface area contributed by atoms with Crippen LogP contribution in [0.5, 0.6) is 11.5 Å². The van der Waals surface area contributed by atoms with Crippen LogP contribution in [0.4, 0.5) is 5.69 Å². The number of fused-ring (bicyclic) bond motifs is 1. The largest absolute Gasteiger partial charge is 0.493 e. The molecule has 2 aromatic carbocycles. The minimum atomic E-state index is -0.594. The van der Waals surface area contributed by atoms with Crippen molar-refractivity contribution in [1.29, 1.82) is 0 Å². The van der Waals surface area contributed by atoms with E-state index in [1.165, 1.54) is 20.3 Å². The van der Waals surface area contributed by atoms with E-state index in [0.29, 0.717) is 18.0 Å². The summed E-state index contributed by atoms with van der Waals surface area (Å²) in [5, 5.41) is 3.05. The summed E-state index contributed by atoms with van der Waals surface area (Å²) in [6.07, 6.45) is 0.752. The number of carbonyl (C=O) groups excluding carboxylic acids is 2. The average molecular weight is 439 g/mol. The molecule has 0 aliphatic carbocycles. The Morgan fingerprint density at radius 1 is 1.10 bits per heavy atom. The number of amides is 1. The SMILES string of the molecule is COc1ccc(C(=O)OCC(=O)N2CCc3cc(-c4csc(C)n4)ccc32)cc1OC. The van der Waals surface area contributed by atoms with E-state index in [4.69, 9.17) is 14.2 Å². The van der Waals surface area contributed by atoms with Crippen LogP contribution < -0.4 is 14.4 Å². The molecule has 31 heavy (non-hydrogen) atoms. The number of benzene rings is 2. The highest BCUT2D eigenvalue weighted by molar-refractivity contribution is 7.09. The second-order valence-electron chi connectivity index (χ2n) is 7.04. The Bertz CT molecular complexity index is 1140. The predicted octanol–water partition coefficient (Wildman–Crippen LogP) is 3.88. The average Bonchev–Trinajstić information content (AvgIpc) is 3.42. The second-order valence-corrected chi connectivity index (χ2v) is 8.10. The van der Waals surface area contributed by atoms with Crippen LogP contribution >= 0.6 is 11.3 Å². The van der Waals surface area contributed by atoms with Gasteiger partial charge in [-0.2, -0.15) is 0 Å². The number of hydrogen-bond acceptors (Lipinski definition) is 7. The zero-order valence-electron chi connectivity index (χ0n) is 17.5. The summed E-state index contributed by atoms with van der Waals surface area (Å²) in [5.41, 5.74) is 4.21. The fraction of sp³-hybridized carbons (Fsp3) is 0.261. The van der Waals surface area contributed by atoms with E-state index in [1.807, 2.05) is 24.4 Å². The summed E-state index contributed by atoms with van der Waals surface area (Å²) in [4.78, 5) is 31.3. The summed E-state index contributed by atoms with van der Waals surface area (Å²) in [6, 6.07) is 10.7. The minimum absolute atomic E-state index is 0.259. The lowest BCUT2D eigenvalue weighted by molar-refractivity contribution is -0.121. The molecular formula is C23H22N2O5S. The summed E-state index contributed by atoms with van der Waals surface area (Å²) in [7, 11) is 3.01. The first-order valence-corrected chi connectivity index (χ1v) is 10.6. The number of rotatable bonds is 6. The van der Waals surface area contributed by atoms with Gasteiger partial charge in [-0.15, -0.1) is 11.3 Å². The number of nitrogens with zero attached hydrogens (tertiary/aromatic N) is 2. The maximum atomic E-state index is 12.7. The number of aryl methyl sites for hydroxylation is 1. The van der Waals surface area contributed by atoms with Crippen LogP contribution in [0.15, 0.2) is 41.8 Å². The first-order chi connectivity index (χ1) is 15.0. The fourth-order valence-electron chi connectivity index (χ4n) is 3.57. The smallest absolute Gasteiger partial charge is 0.338 e. The zero-order valence-corrected chi connectivity index (χ0v) is 18.3. The molecule has 1 amide bonds. The van der Waals surface area contributed by atoms with E-state index in [9.17, 15) is 9.59 Å². The van der Waals surface area contributed by atoms with Gasteiger partial charge in [0.1, 0.15) is 0 Å². The van der Waals surface area contributed by atoms with E-state index in [-0.39, 0.29) is 18.1 Å². The maximum absolute atomic E-state index is 12.7. The third-order valence-corrected chi connectivity index (χ3v) is 5.91. The number of methoxy groups -OCH3 is 2. The van der Waals surface area contributed by atoms with Gasteiger partial charge in [0.25, 0.3) is 5.91 Å². The molecule has 0 fully saturated rings. The number of ether oxygens (including phenoxy) is 3. The number of anilines is 1. The number of esters is 1. The van der Waals surface area contributed by atoms with Crippen LogP contribution in [-0.4, -0.2) is 44.2 Å². The Morgan fingerprint density at radius 3 is 2.61 bits per heavy atom. The molecule has 0 saturated carbocycles. The van der Waals surface area contributed by atoms with Gasteiger partial charge < -0.3 is 19.1 Å².